The van der Waals surface area contributed by atoms with Gasteiger partial charge < -0.3 is 5.32 Å². The number of rotatable bonds is 6. The highest BCUT2D eigenvalue weighted by molar-refractivity contribution is 7.89. The molecule has 25 heavy (non-hydrogen) atoms. The molecule has 1 amide bonds. The Hall–Kier alpha value is -2.25. The van der Waals surface area contributed by atoms with Gasteiger partial charge in [-0.25, -0.2) is 12.8 Å². The quantitative estimate of drug-likeness (QED) is 0.854. The third-order valence-corrected chi connectivity index (χ3v) is 5.89. The number of amides is 1. The number of hydrogen-bond donors (Lipinski definition) is 1. The fourth-order valence-electron chi connectivity index (χ4n) is 2.39. The molecule has 0 spiro atoms. The zero-order valence-corrected chi connectivity index (χ0v) is 15.2. The van der Waals surface area contributed by atoms with Crippen molar-refractivity contribution < 1.29 is 17.6 Å². The summed E-state index contributed by atoms with van der Waals surface area (Å²) in [5.74, 6) is -1.38. The van der Waals surface area contributed by atoms with Gasteiger partial charge in [-0.15, -0.1) is 0 Å². The molecule has 1 N–H and O–H groups in total. The standard InChI is InChI=1S/C18H21FN2O3S/c1-4-21(5-2)25(23,24)17-12-14(8-11-16(17)19)18(22)20-15-9-6-13(3)7-10-15/h6-12H,4-5H2,1-3H3,(H,20,22). The molecule has 7 heteroatoms. The zero-order chi connectivity index (χ0) is 18.6. The monoisotopic (exact) mass is 364 g/mol. The van der Waals surface area contributed by atoms with Gasteiger partial charge in [0.15, 0.2) is 0 Å². The number of nitrogens with one attached hydrogen (secondary N) is 1. The van der Waals surface area contributed by atoms with Crippen molar-refractivity contribution in [2.75, 3.05) is 18.4 Å². The van der Waals surface area contributed by atoms with E-state index in [-0.39, 0.29) is 18.7 Å². The van der Waals surface area contributed by atoms with Crippen molar-refractivity contribution in [1.82, 2.24) is 4.31 Å². The minimum absolute atomic E-state index is 0.0766. The van der Waals surface area contributed by atoms with Crippen LogP contribution in [0.2, 0.25) is 0 Å². The van der Waals surface area contributed by atoms with Crippen LogP contribution in [0.1, 0.15) is 29.8 Å². The number of hydrogen-bond acceptors (Lipinski definition) is 3. The normalized spacial score (nSPS) is 11.6. The molecule has 0 saturated heterocycles. The first kappa shape index (κ1) is 19.1. The van der Waals surface area contributed by atoms with E-state index in [9.17, 15) is 17.6 Å². The first-order valence-corrected chi connectivity index (χ1v) is 9.41. The molecule has 2 aromatic carbocycles. The van der Waals surface area contributed by atoms with Crippen molar-refractivity contribution in [3.63, 3.8) is 0 Å². The van der Waals surface area contributed by atoms with Gasteiger partial charge in [-0.3, -0.25) is 4.79 Å². The molecule has 0 unspecified atom stereocenters. The molecular weight excluding hydrogens is 343 g/mol. The third kappa shape index (κ3) is 4.24. The van der Waals surface area contributed by atoms with Crippen LogP contribution in [0.3, 0.4) is 0 Å². The van der Waals surface area contributed by atoms with Crippen LogP contribution < -0.4 is 5.32 Å². The average molecular weight is 364 g/mol. The highest BCUT2D eigenvalue weighted by Gasteiger charge is 2.26. The van der Waals surface area contributed by atoms with E-state index in [2.05, 4.69) is 5.32 Å². The fraction of sp³-hybridized carbons (Fsp3) is 0.278. The summed E-state index contributed by atoms with van der Waals surface area (Å²) >= 11 is 0. The van der Waals surface area contributed by atoms with Crippen LogP contribution in [-0.4, -0.2) is 31.7 Å². The third-order valence-electron chi connectivity index (χ3n) is 3.83. The molecule has 0 aliphatic rings. The molecule has 0 atom stereocenters. The number of carbonyl (C=O) groups is 1. The zero-order valence-electron chi connectivity index (χ0n) is 14.4. The van der Waals surface area contributed by atoms with Gasteiger partial charge in [-0.2, -0.15) is 4.31 Å². The van der Waals surface area contributed by atoms with Crippen molar-refractivity contribution in [2.45, 2.75) is 25.7 Å². The summed E-state index contributed by atoms with van der Waals surface area (Å²) in [7, 11) is -3.99. The van der Waals surface area contributed by atoms with Crippen molar-refractivity contribution >= 4 is 21.6 Å². The van der Waals surface area contributed by atoms with Gasteiger partial charge in [0.2, 0.25) is 10.0 Å². The van der Waals surface area contributed by atoms with E-state index in [1.54, 1.807) is 26.0 Å². The van der Waals surface area contributed by atoms with Crippen LogP contribution >= 0.6 is 0 Å². The summed E-state index contributed by atoms with van der Waals surface area (Å²) in [5, 5.41) is 2.67. The number of halogens is 1. The molecule has 0 bridgehead atoms. The average Bonchev–Trinajstić information content (AvgIpc) is 2.58. The lowest BCUT2D eigenvalue weighted by Crippen LogP contribution is -2.31. The summed E-state index contributed by atoms with van der Waals surface area (Å²) in [6.45, 7) is 5.71. The van der Waals surface area contributed by atoms with Crippen LogP contribution in [-0.2, 0) is 10.0 Å². The van der Waals surface area contributed by atoms with Gasteiger partial charge in [-0.05, 0) is 37.3 Å². The SMILES string of the molecule is CCN(CC)S(=O)(=O)c1cc(C(=O)Nc2ccc(C)cc2)ccc1F. The topological polar surface area (TPSA) is 66.5 Å². The Bertz CT molecular complexity index is 860. The van der Waals surface area contributed by atoms with Crippen LogP contribution in [0.4, 0.5) is 10.1 Å². The van der Waals surface area contributed by atoms with E-state index >= 15 is 0 Å². The maximum atomic E-state index is 14.1. The Morgan fingerprint density at radius 3 is 2.24 bits per heavy atom. The molecular formula is C18H21FN2O3S. The largest absolute Gasteiger partial charge is 0.322 e. The van der Waals surface area contributed by atoms with E-state index in [0.29, 0.717) is 5.69 Å². The van der Waals surface area contributed by atoms with E-state index in [0.717, 1.165) is 22.0 Å². The smallest absolute Gasteiger partial charge is 0.255 e. The second-order valence-electron chi connectivity index (χ2n) is 5.55. The molecule has 0 radical (unpaired) electrons. The van der Waals surface area contributed by atoms with Gasteiger partial charge in [0, 0.05) is 24.3 Å². The Balaban J connectivity index is 2.35. The molecule has 0 aliphatic carbocycles. The van der Waals surface area contributed by atoms with Crippen molar-refractivity contribution in [3.05, 3.63) is 59.4 Å². The van der Waals surface area contributed by atoms with Crippen LogP contribution in [0.15, 0.2) is 47.4 Å². The first-order valence-electron chi connectivity index (χ1n) is 7.97. The van der Waals surface area contributed by atoms with Crippen molar-refractivity contribution in [1.29, 1.82) is 0 Å². The van der Waals surface area contributed by atoms with E-state index in [1.165, 1.54) is 6.07 Å². The number of aryl methyl sites for hydroxylation is 1. The predicted octanol–water partition coefficient (Wildman–Crippen LogP) is 3.42. The second-order valence-corrected chi connectivity index (χ2v) is 7.46. The summed E-state index contributed by atoms with van der Waals surface area (Å²) in [6.07, 6.45) is 0. The van der Waals surface area contributed by atoms with Crippen LogP contribution in [0.25, 0.3) is 0 Å². The molecule has 5 nitrogen and oxygen atoms in total. The van der Waals surface area contributed by atoms with Gasteiger partial charge in [0.05, 0.1) is 0 Å². The molecule has 0 heterocycles. The Morgan fingerprint density at radius 1 is 1.08 bits per heavy atom. The lowest BCUT2D eigenvalue weighted by molar-refractivity contribution is 0.102. The summed E-state index contributed by atoms with van der Waals surface area (Å²) in [5.41, 5.74) is 1.70. The van der Waals surface area contributed by atoms with Gasteiger partial charge in [0.25, 0.3) is 5.91 Å². The highest BCUT2D eigenvalue weighted by Crippen LogP contribution is 2.21. The van der Waals surface area contributed by atoms with Gasteiger partial charge in [-0.1, -0.05) is 31.5 Å². The first-order chi connectivity index (χ1) is 11.8. The van der Waals surface area contributed by atoms with Crippen molar-refractivity contribution in [3.8, 4) is 0 Å². The lowest BCUT2D eigenvalue weighted by atomic mass is 10.2. The Morgan fingerprint density at radius 2 is 1.68 bits per heavy atom. The number of nitrogens with zero attached hydrogens (tertiary/aromatic N) is 1. The number of sulfonamides is 1. The molecule has 2 rings (SSSR count). The molecule has 0 aromatic heterocycles. The maximum Gasteiger partial charge on any atom is 0.255 e. The van der Waals surface area contributed by atoms with Crippen LogP contribution in [0.5, 0.6) is 0 Å². The molecule has 0 aliphatic heterocycles. The fourth-order valence-corrected chi connectivity index (χ4v) is 3.93. The van der Waals surface area contributed by atoms with Gasteiger partial charge >= 0.3 is 0 Å². The summed E-state index contributed by atoms with van der Waals surface area (Å²) < 4.78 is 40.3. The molecule has 0 saturated carbocycles. The number of anilines is 1. The van der Waals surface area contributed by atoms with E-state index in [1.807, 2.05) is 19.1 Å². The highest BCUT2D eigenvalue weighted by atomic mass is 32.2. The molecule has 0 fully saturated rings. The predicted molar refractivity (Wildman–Crippen MR) is 95.6 cm³/mol. The van der Waals surface area contributed by atoms with Crippen molar-refractivity contribution in [2.24, 2.45) is 0 Å². The number of benzene rings is 2. The second kappa shape index (κ2) is 7.76. The lowest BCUT2D eigenvalue weighted by Gasteiger charge is -2.19. The Kier molecular flexibility index (Phi) is 5.92. The Labute approximate surface area is 147 Å². The molecule has 2 aromatic rings. The van der Waals surface area contributed by atoms with E-state index in [4.69, 9.17) is 0 Å². The van der Waals surface area contributed by atoms with Crippen LogP contribution in [0, 0.1) is 12.7 Å². The minimum Gasteiger partial charge on any atom is -0.322 e. The number of carbonyl (C=O) groups excluding carboxylic acids is 1. The van der Waals surface area contributed by atoms with E-state index < -0.39 is 26.6 Å². The van der Waals surface area contributed by atoms with Gasteiger partial charge in [0.1, 0.15) is 10.7 Å². The minimum atomic E-state index is -3.99. The summed E-state index contributed by atoms with van der Waals surface area (Å²) in [4.78, 5) is 11.9. The molecule has 134 valence electrons. The summed E-state index contributed by atoms with van der Waals surface area (Å²) in [6, 6.07) is 10.5. The maximum absolute atomic E-state index is 14.1.